The first-order chi connectivity index (χ1) is 8.76. The second kappa shape index (κ2) is 5.50. The van der Waals surface area contributed by atoms with Gasteiger partial charge < -0.3 is 10.6 Å². The molecule has 2 nitrogen and oxygen atoms in total. The van der Waals surface area contributed by atoms with Crippen LogP contribution in [0.25, 0.3) is 0 Å². The van der Waals surface area contributed by atoms with Crippen LogP contribution in [0.5, 0.6) is 0 Å². The van der Waals surface area contributed by atoms with E-state index in [2.05, 4.69) is 11.8 Å². The molecule has 3 fully saturated rings. The van der Waals surface area contributed by atoms with E-state index in [4.69, 9.17) is 5.73 Å². The number of nitrogens with zero attached hydrogens (tertiary/aromatic N) is 1. The summed E-state index contributed by atoms with van der Waals surface area (Å²) in [7, 11) is 0. The number of hydrogen-bond donors (Lipinski definition) is 1. The lowest BCUT2D eigenvalue weighted by Crippen LogP contribution is -2.42. The fraction of sp³-hybridized carbons (Fsp3) is 1.00. The molecule has 2 N–H and O–H groups in total. The minimum Gasteiger partial charge on any atom is -0.327 e. The standard InChI is InChI=1S/C16H30N2/c1-2-12-6-7-16(17)15(8-12)11-18-9-13-4-3-5-14(13)10-18/h12-16H,2-11,17H2,1H3. The van der Waals surface area contributed by atoms with Crippen molar-refractivity contribution in [3.63, 3.8) is 0 Å². The Labute approximate surface area is 112 Å². The maximum absolute atomic E-state index is 6.36. The second-order valence-corrected chi connectivity index (χ2v) is 7.18. The summed E-state index contributed by atoms with van der Waals surface area (Å²) in [4.78, 5) is 2.75. The predicted octanol–water partition coefficient (Wildman–Crippen LogP) is 2.87. The summed E-state index contributed by atoms with van der Waals surface area (Å²) < 4.78 is 0. The van der Waals surface area contributed by atoms with Crippen LogP contribution in [0.3, 0.4) is 0 Å². The first-order valence-corrected chi connectivity index (χ1v) is 8.24. The Hall–Kier alpha value is -0.0800. The number of nitrogens with two attached hydrogens (primary N) is 1. The maximum atomic E-state index is 6.36. The lowest BCUT2D eigenvalue weighted by atomic mass is 9.77. The van der Waals surface area contributed by atoms with Crippen molar-refractivity contribution in [2.75, 3.05) is 19.6 Å². The van der Waals surface area contributed by atoms with E-state index in [0.717, 1.165) is 23.7 Å². The van der Waals surface area contributed by atoms with Crippen LogP contribution in [0.2, 0.25) is 0 Å². The Bertz CT molecular complexity index is 266. The third-order valence-corrected chi connectivity index (χ3v) is 6.02. The Morgan fingerprint density at radius 1 is 1.06 bits per heavy atom. The quantitative estimate of drug-likeness (QED) is 0.834. The molecule has 1 aliphatic heterocycles. The summed E-state index contributed by atoms with van der Waals surface area (Å²) in [6.45, 7) is 6.40. The maximum Gasteiger partial charge on any atom is 0.00795 e. The molecule has 104 valence electrons. The molecular weight excluding hydrogens is 220 g/mol. The van der Waals surface area contributed by atoms with Gasteiger partial charge in [-0.1, -0.05) is 19.8 Å². The van der Waals surface area contributed by atoms with Crippen molar-refractivity contribution in [2.24, 2.45) is 29.4 Å². The average Bonchev–Trinajstić information content (AvgIpc) is 2.92. The summed E-state index contributed by atoms with van der Waals surface area (Å²) in [5.41, 5.74) is 6.36. The highest BCUT2D eigenvalue weighted by Crippen LogP contribution is 2.39. The highest BCUT2D eigenvalue weighted by Gasteiger charge is 2.38. The molecule has 5 unspecified atom stereocenters. The van der Waals surface area contributed by atoms with Crippen LogP contribution in [0, 0.1) is 23.7 Å². The van der Waals surface area contributed by atoms with Crippen LogP contribution in [0.15, 0.2) is 0 Å². The summed E-state index contributed by atoms with van der Waals surface area (Å²) >= 11 is 0. The molecule has 2 heteroatoms. The zero-order chi connectivity index (χ0) is 12.5. The molecule has 18 heavy (non-hydrogen) atoms. The van der Waals surface area contributed by atoms with Crippen LogP contribution in [-0.4, -0.2) is 30.6 Å². The Kier molecular flexibility index (Phi) is 3.95. The second-order valence-electron chi connectivity index (χ2n) is 7.18. The first kappa shape index (κ1) is 12.9. The predicted molar refractivity (Wildman–Crippen MR) is 76.4 cm³/mol. The first-order valence-electron chi connectivity index (χ1n) is 8.24. The summed E-state index contributed by atoms with van der Waals surface area (Å²) in [5.74, 6) is 3.80. The van der Waals surface area contributed by atoms with Crippen molar-refractivity contribution in [3.8, 4) is 0 Å². The lowest BCUT2D eigenvalue weighted by Gasteiger charge is -2.36. The van der Waals surface area contributed by atoms with Gasteiger partial charge in [0.25, 0.3) is 0 Å². The molecule has 3 aliphatic rings. The van der Waals surface area contributed by atoms with Crippen LogP contribution < -0.4 is 5.73 Å². The van der Waals surface area contributed by atoms with Crippen LogP contribution >= 0.6 is 0 Å². The molecular formula is C16H30N2. The fourth-order valence-corrected chi connectivity index (χ4v) is 4.78. The molecule has 3 rings (SSSR count). The van der Waals surface area contributed by atoms with Gasteiger partial charge in [0.2, 0.25) is 0 Å². The Morgan fingerprint density at radius 2 is 1.78 bits per heavy atom. The summed E-state index contributed by atoms with van der Waals surface area (Å²) in [5, 5.41) is 0. The number of hydrogen-bond acceptors (Lipinski definition) is 2. The molecule has 0 aromatic rings. The molecule has 0 bridgehead atoms. The van der Waals surface area contributed by atoms with E-state index in [-0.39, 0.29) is 0 Å². The molecule has 0 radical (unpaired) electrons. The Morgan fingerprint density at radius 3 is 2.44 bits per heavy atom. The van der Waals surface area contributed by atoms with Gasteiger partial charge in [0.1, 0.15) is 0 Å². The van der Waals surface area contributed by atoms with Gasteiger partial charge in [-0.25, -0.2) is 0 Å². The van der Waals surface area contributed by atoms with Crippen molar-refractivity contribution in [3.05, 3.63) is 0 Å². The number of fused-ring (bicyclic) bond motifs is 1. The van der Waals surface area contributed by atoms with Gasteiger partial charge >= 0.3 is 0 Å². The van der Waals surface area contributed by atoms with E-state index in [1.165, 1.54) is 64.6 Å². The SMILES string of the molecule is CCC1CCC(N)C(CN2CC3CCCC3C2)C1. The minimum absolute atomic E-state index is 0.480. The van der Waals surface area contributed by atoms with Crippen LogP contribution in [-0.2, 0) is 0 Å². The van der Waals surface area contributed by atoms with Gasteiger partial charge in [-0.15, -0.1) is 0 Å². The van der Waals surface area contributed by atoms with Crippen molar-refractivity contribution in [2.45, 2.75) is 57.9 Å². The molecule has 5 atom stereocenters. The average molecular weight is 250 g/mol. The van der Waals surface area contributed by atoms with E-state index >= 15 is 0 Å². The smallest absolute Gasteiger partial charge is 0.00795 e. The van der Waals surface area contributed by atoms with Gasteiger partial charge in [0.05, 0.1) is 0 Å². The van der Waals surface area contributed by atoms with Gasteiger partial charge in [0, 0.05) is 25.7 Å². The third-order valence-electron chi connectivity index (χ3n) is 6.02. The van der Waals surface area contributed by atoms with Gasteiger partial charge in [-0.05, 0) is 55.8 Å². The monoisotopic (exact) mass is 250 g/mol. The van der Waals surface area contributed by atoms with Crippen molar-refractivity contribution in [1.82, 2.24) is 4.90 Å². The van der Waals surface area contributed by atoms with Crippen LogP contribution in [0.1, 0.15) is 51.9 Å². The number of rotatable bonds is 3. The topological polar surface area (TPSA) is 29.3 Å². The van der Waals surface area contributed by atoms with Gasteiger partial charge in [-0.3, -0.25) is 0 Å². The summed E-state index contributed by atoms with van der Waals surface area (Å²) in [6.07, 6.45) is 9.87. The van der Waals surface area contributed by atoms with E-state index in [1.807, 2.05) is 0 Å². The van der Waals surface area contributed by atoms with E-state index < -0.39 is 0 Å². The number of likely N-dealkylation sites (tertiary alicyclic amines) is 1. The molecule has 1 heterocycles. The van der Waals surface area contributed by atoms with Crippen molar-refractivity contribution < 1.29 is 0 Å². The fourth-order valence-electron chi connectivity index (χ4n) is 4.78. The third kappa shape index (κ3) is 2.60. The minimum atomic E-state index is 0.480. The highest BCUT2D eigenvalue weighted by atomic mass is 15.2. The van der Waals surface area contributed by atoms with Gasteiger partial charge in [-0.2, -0.15) is 0 Å². The Balaban J connectivity index is 1.52. The largest absolute Gasteiger partial charge is 0.327 e. The molecule has 0 aromatic carbocycles. The zero-order valence-electron chi connectivity index (χ0n) is 12.0. The molecule has 0 amide bonds. The molecule has 0 spiro atoms. The van der Waals surface area contributed by atoms with E-state index in [0.29, 0.717) is 6.04 Å². The van der Waals surface area contributed by atoms with Crippen molar-refractivity contribution >= 4 is 0 Å². The molecule has 2 saturated carbocycles. The highest BCUT2D eigenvalue weighted by molar-refractivity contribution is 4.91. The normalized spacial score (nSPS) is 45.3. The van der Waals surface area contributed by atoms with Gasteiger partial charge in [0.15, 0.2) is 0 Å². The van der Waals surface area contributed by atoms with Crippen molar-refractivity contribution in [1.29, 1.82) is 0 Å². The molecule has 1 saturated heterocycles. The zero-order valence-corrected chi connectivity index (χ0v) is 12.0. The van der Waals surface area contributed by atoms with E-state index in [9.17, 15) is 0 Å². The summed E-state index contributed by atoms with van der Waals surface area (Å²) in [6, 6.07) is 0.480. The van der Waals surface area contributed by atoms with E-state index in [1.54, 1.807) is 0 Å². The van der Waals surface area contributed by atoms with Crippen LogP contribution in [0.4, 0.5) is 0 Å². The molecule has 0 aromatic heterocycles. The molecule has 2 aliphatic carbocycles. The lowest BCUT2D eigenvalue weighted by molar-refractivity contribution is 0.165.